The summed E-state index contributed by atoms with van der Waals surface area (Å²) in [7, 11) is 0. The number of azide groups is 1. The van der Waals surface area contributed by atoms with Crippen LogP contribution in [-0.4, -0.2) is 34.9 Å². The van der Waals surface area contributed by atoms with Gasteiger partial charge in [-0.2, -0.15) is 0 Å². The molecule has 23 heavy (non-hydrogen) atoms. The zero-order valence-corrected chi connectivity index (χ0v) is 13.4. The summed E-state index contributed by atoms with van der Waals surface area (Å²) in [5.74, 6) is 0.384. The predicted molar refractivity (Wildman–Crippen MR) is 83.2 cm³/mol. The minimum Gasteiger partial charge on any atom is -0.378 e. The fourth-order valence-corrected chi connectivity index (χ4v) is 2.44. The minimum atomic E-state index is -0.596. The molecule has 1 aliphatic heterocycles. The highest BCUT2D eigenvalue weighted by molar-refractivity contribution is 5.02. The first-order valence-corrected chi connectivity index (χ1v) is 7.51. The SMILES string of the molecule is Cc1cn([C@H]2CC(N=[N+]=[N-])[C@@H](COCC(C)C)O2)c(=O)[nH]c1=O. The number of nitrogens with one attached hydrogen (secondary N) is 1. The highest BCUT2D eigenvalue weighted by Gasteiger charge is 2.36. The molecule has 1 aliphatic rings. The van der Waals surface area contributed by atoms with Crippen molar-refractivity contribution < 1.29 is 9.47 Å². The Balaban J connectivity index is 2.16. The Morgan fingerprint density at radius 3 is 2.96 bits per heavy atom. The van der Waals surface area contributed by atoms with Gasteiger partial charge in [-0.15, -0.1) is 0 Å². The van der Waals surface area contributed by atoms with Crippen molar-refractivity contribution in [1.29, 1.82) is 0 Å². The molecule has 0 amide bonds. The Morgan fingerprint density at radius 1 is 1.57 bits per heavy atom. The van der Waals surface area contributed by atoms with E-state index in [1.54, 1.807) is 6.92 Å². The Morgan fingerprint density at radius 2 is 2.30 bits per heavy atom. The van der Waals surface area contributed by atoms with Gasteiger partial charge in [0.2, 0.25) is 0 Å². The number of rotatable bonds is 6. The van der Waals surface area contributed by atoms with Crippen molar-refractivity contribution in [2.24, 2.45) is 11.0 Å². The number of hydrogen-bond acceptors (Lipinski definition) is 5. The van der Waals surface area contributed by atoms with Crippen LogP contribution >= 0.6 is 0 Å². The standard InChI is InChI=1S/C14H21N5O4/c1-8(2)6-22-7-11-10(17-18-15)4-12(23-11)19-5-9(3)13(20)16-14(19)21/h5,8,10-12H,4,6-7H2,1-3H3,(H,16,20,21)/t10?,11-,12-/m1/s1. The van der Waals surface area contributed by atoms with Gasteiger partial charge in [0.05, 0.1) is 18.8 Å². The van der Waals surface area contributed by atoms with Crippen LogP contribution in [0.25, 0.3) is 10.4 Å². The summed E-state index contributed by atoms with van der Waals surface area (Å²) < 4.78 is 12.7. The van der Waals surface area contributed by atoms with Crippen molar-refractivity contribution in [3.8, 4) is 0 Å². The number of aryl methyl sites for hydroxylation is 1. The molecule has 0 bridgehead atoms. The summed E-state index contributed by atoms with van der Waals surface area (Å²) in [6.07, 6.45) is 0.789. The summed E-state index contributed by atoms with van der Waals surface area (Å²) >= 11 is 0. The van der Waals surface area contributed by atoms with Crippen LogP contribution < -0.4 is 11.2 Å². The van der Waals surface area contributed by atoms with Crippen molar-refractivity contribution in [3.05, 3.63) is 43.0 Å². The van der Waals surface area contributed by atoms with Crippen LogP contribution in [0.3, 0.4) is 0 Å². The third-order valence-corrected chi connectivity index (χ3v) is 3.59. The second-order valence-corrected chi connectivity index (χ2v) is 6.05. The van der Waals surface area contributed by atoms with Crippen LogP contribution in [-0.2, 0) is 9.47 Å². The number of hydrogen-bond donors (Lipinski definition) is 1. The van der Waals surface area contributed by atoms with Gasteiger partial charge >= 0.3 is 5.69 Å². The number of H-pyrrole nitrogens is 1. The quantitative estimate of drug-likeness (QED) is 0.484. The van der Waals surface area contributed by atoms with Crippen LogP contribution in [0.5, 0.6) is 0 Å². The molecule has 9 heteroatoms. The Labute approximate surface area is 132 Å². The summed E-state index contributed by atoms with van der Waals surface area (Å²) in [4.78, 5) is 28.5. The van der Waals surface area contributed by atoms with Crippen LogP contribution in [0.2, 0.25) is 0 Å². The van der Waals surface area contributed by atoms with Gasteiger partial charge in [0, 0.05) is 29.7 Å². The smallest absolute Gasteiger partial charge is 0.330 e. The normalized spacial score (nSPS) is 23.9. The predicted octanol–water partition coefficient (Wildman–Crippen LogP) is 1.48. The zero-order valence-electron chi connectivity index (χ0n) is 13.4. The van der Waals surface area contributed by atoms with E-state index in [1.807, 2.05) is 13.8 Å². The Hall–Kier alpha value is -2.09. The first-order chi connectivity index (χ1) is 10.9. The highest BCUT2D eigenvalue weighted by Crippen LogP contribution is 2.30. The van der Waals surface area contributed by atoms with Crippen LogP contribution in [0.4, 0.5) is 0 Å². The van der Waals surface area contributed by atoms with Crippen molar-refractivity contribution in [3.63, 3.8) is 0 Å². The van der Waals surface area contributed by atoms with Gasteiger partial charge in [-0.05, 0) is 18.4 Å². The van der Waals surface area contributed by atoms with E-state index in [0.717, 1.165) is 0 Å². The lowest BCUT2D eigenvalue weighted by Gasteiger charge is -2.17. The summed E-state index contributed by atoms with van der Waals surface area (Å²) in [5, 5.41) is 3.74. The van der Waals surface area contributed by atoms with E-state index in [4.69, 9.17) is 15.0 Å². The summed E-state index contributed by atoms with van der Waals surface area (Å²) in [6, 6.07) is -0.420. The molecule has 0 spiro atoms. The van der Waals surface area contributed by atoms with Crippen molar-refractivity contribution in [1.82, 2.24) is 9.55 Å². The molecule has 126 valence electrons. The molecule has 0 aliphatic carbocycles. The molecule has 3 atom stereocenters. The number of ether oxygens (including phenoxy) is 2. The fourth-order valence-electron chi connectivity index (χ4n) is 2.44. The third-order valence-electron chi connectivity index (χ3n) is 3.59. The van der Waals surface area contributed by atoms with Gasteiger partial charge in [-0.3, -0.25) is 14.3 Å². The van der Waals surface area contributed by atoms with Crippen molar-refractivity contribution >= 4 is 0 Å². The molecular weight excluding hydrogens is 302 g/mol. The molecule has 1 saturated heterocycles. The van der Waals surface area contributed by atoms with Gasteiger partial charge in [-0.25, -0.2) is 4.79 Å². The largest absolute Gasteiger partial charge is 0.378 e. The maximum absolute atomic E-state index is 11.9. The second-order valence-electron chi connectivity index (χ2n) is 6.05. The Kier molecular flexibility index (Phi) is 5.59. The molecule has 1 unspecified atom stereocenters. The van der Waals surface area contributed by atoms with Gasteiger partial charge in [0.15, 0.2) is 0 Å². The first kappa shape index (κ1) is 17.3. The molecular formula is C14H21N5O4. The van der Waals surface area contributed by atoms with Gasteiger partial charge in [0.1, 0.15) is 6.23 Å². The molecule has 0 aromatic carbocycles. The molecule has 1 N–H and O–H groups in total. The van der Waals surface area contributed by atoms with E-state index in [0.29, 0.717) is 24.5 Å². The lowest BCUT2D eigenvalue weighted by atomic mass is 10.1. The summed E-state index contributed by atoms with van der Waals surface area (Å²) in [5.41, 5.74) is 8.14. The molecule has 0 radical (unpaired) electrons. The molecule has 2 rings (SSSR count). The van der Waals surface area contributed by atoms with Crippen LogP contribution in [0.15, 0.2) is 20.9 Å². The third kappa shape index (κ3) is 4.22. The fraction of sp³-hybridized carbons (Fsp3) is 0.714. The lowest BCUT2D eigenvalue weighted by molar-refractivity contribution is -0.0490. The second kappa shape index (κ2) is 7.45. The minimum absolute atomic E-state index is 0.287. The molecule has 1 aromatic heterocycles. The van der Waals surface area contributed by atoms with E-state index in [9.17, 15) is 9.59 Å². The Bertz CT molecular complexity index is 704. The van der Waals surface area contributed by atoms with Gasteiger partial charge in [0.25, 0.3) is 5.56 Å². The first-order valence-electron chi connectivity index (χ1n) is 7.51. The number of aromatic nitrogens is 2. The van der Waals surface area contributed by atoms with Gasteiger partial charge in [-0.1, -0.05) is 19.0 Å². The maximum atomic E-state index is 11.9. The highest BCUT2D eigenvalue weighted by atomic mass is 16.6. The topological polar surface area (TPSA) is 122 Å². The lowest BCUT2D eigenvalue weighted by Crippen LogP contribution is -2.33. The molecule has 0 saturated carbocycles. The maximum Gasteiger partial charge on any atom is 0.330 e. The molecule has 9 nitrogen and oxygen atoms in total. The van der Waals surface area contributed by atoms with Crippen LogP contribution in [0, 0.1) is 12.8 Å². The van der Waals surface area contributed by atoms with E-state index in [1.165, 1.54) is 10.8 Å². The van der Waals surface area contributed by atoms with E-state index in [-0.39, 0.29) is 6.61 Å². The number of nitrogens with zero attached hydrogens (tertiary/aromatic N) is 4. The molecule has 2 heterocycles. The van der Waals surface area contributed by atoms with E-state index >= 15 is 0 Å². The number of aromatic amines is 1. The van der Waals surface area contributed by atoms with E-state index < -0.39 is 29.6 Å². The average Bonchev–Trinajstić information content (AvgIpc) is 2.86. The molecule has 1 fully saturated rings. The average molecular weight is 323 g/mol. The summed E-state index contributed by atoms with van der Waals surface area (Å²) in [6.45, 7) is 6.54. The van der Waals surface area contributed by atoms with Crippen molar-refractivity contribution in [2.75, 3.05) is 13.2 Å². The van der Waals surface area contributed by atoms with E-state index in [2.05, 4.69) is 15.0 Å². The monoisotopic (exact) mass is 323 g/mol. The van der Waals surface area contributed by atoms with Gasteiger partial charge < -0.3 is 9.47 Å². The van der Waals surface area contributed by atoms with Crippen LogP contribution in [0.1, 0.15) is 32.1 Å². The molecule has 1 aromatic rings. The zero-order chi connectivity index (χ0) is 17.0. The van der Waals surface area contributed by atoms with Crippen molar-refractivity contribution in [2.45, 2.75) is 45.6 Å².